The lowest BCUT2D eigenvalue weighted by atomic mass is 9.94. The van der Waals surface area contributed by atoms with E-state index in [1.807, 2.05) is 30.3 Å². The van der Waals surface area contributed by atoms with E-state index in [1.54, 1.807) is 36.4 Å². The molecular formula is C29H19FN2O4S. The van der Waals surface area contributed by atoms with Crippen molar-refractivity contribution in [1.29, 1.82) is 0 Å². The highest BCUT2D eigenvalue weighted by molar-refractivity contribution is 7.22. The summed E-state index contributed by atoms with van der Waals surface area (Å²) in [5, 5.41) is 13.5. The SMILES string of the molecule is COc1cccc(C2/C(=C(\O)c3ccc4ccccc4c3)C(=O)C(=O)N2c2nc3ccc(F)cc3s2)c1. The Bertz CT molecular complexity index is 1760. The van der Waals surface area contributed by atoms with Crippen LogP contribution in [-0.4, -0.2) is 28.9 Å². The fourth-order valence-electron chi connectivity index (χ4n) is 4.64. The predicted octanol–water partition coefficient (Wildman–Crippen LogP) is 6.22. The number of aromatic nitrogens is 1. The van der Waals surface area contributed by atoms with Crippen molar-refractivity contribution in [2.24, 2.45) is 0 Å². The first kappa shape index (κ1) is 22.9. The molecule has 1 fully saturated rings. The van der Waals surface area contributed by atoms with Crippen LogP contribution in [0.5, 0.6) is 5.75 Å². The van der Waals surface area contributed by atoms with Gasteiger partial charge in [0.2, 0.25) is 0 Å². The van der Waals surface area contributed by atoms with Gasteiger partial charge in [0.1, 0.15) is 17.3 Å². The molecule has 1 aliphatic heterocycles. The van der Waals surface area contributed by atoms with Crippen molar-refractivity contribution in [1.82, 2.24) is 4.98 Å². The number of ether oxygens (including phenoxy) is 1. The Morgan fingerprint density at radius 1 is 0.973 bits per heavy atom. The van der Waals surface area contributed by atoms with Crippen LogP contribution in [0.4, 0.5) is 9.52 Å². The van der Waals surface area contributed by atoms with Gasteiger partial charge < -0.3 is 9.84 Å². The average molecular weight is 511 g/mol. The van der Waals surface area contributed by atoms with E-state index in [9.17, 15) is 19.1 Å². The van der Waals surface area contributed by atoms with Crippen molar-refractivity contribution in [3.63, 3.8) is 0 Å². The lowest BCUT2D eigenvalue weighted by molar-refractivity contribution is -0.132. The molecule has 0 radical (unpaired) electrons. The molecule has 1 saturated heterocycles. The van der Waals surface area contributed by atoms with Gasteiger partial charge in [-0.3, -0.25) is 14.5 Å². The monoisotopic (exact) mass is 510 g/mol. The molecule has 1 unspecified atom stereocenters. The first-order valence-corrected chi connectivity index (χ1v) is 12.3. The Kier molecular flexibility index (Phi) is 5.46. The minimum atomic E-state index is -0.966. The number of hydrogen-bond acceptors (Lipinski definition) is 6. The van der Waals surface area contributed by atoms with Crippen molar-refractivity contribution in [2.75, 3.05) is 12.0 Å². The van der Waals surface area contributed by atoms with Crippen LogP contribution in [0, 0.1) is 5.82 Å². The van der Waals surface area contributed by atoms with E-state index in [0.717, 1.165) is 22.1 Å². The number of benzene rings is 4. The maximum atomic E-state index is 13.8. The molecule has 0 aliphatic carbocycles. The summed E-state index contributed by atoms with van der Waals surface area (Å²) in [6, 6.07) is 23.2. The number of Topliss-reactive ketones (excluding diaryl/α,β-unsaturated/α-hetero) is 1. The fraction of sp³-hybridized carbons (Fsp3) is 0.0690. The molecule has 0 bridgehead atoms. The number of aliphatic hydroxyl groups is 1. The van der Waals surface area contributed by atoms with Gasteiger partial charge in [-0.2, -0.15) is 0 Å². The van der Waals surface area contributed by atoms with Crippen molar-refractivity contribution >= 4 is 54.9 Å². The van der Waals surface area contributed by atoms with Gasteiger partial charge in [-0.05, 0) is 52.7 Å². The molecule has 1 aromatic heterocycles. The predicted molar refractivity (Wildman–Crippen MR) is 141 cm³/mol. The molecule has 182 valence electrons. The average Bonchev–Trinajstić information content (AvgIpc) is 3.45. The van der Waals surface area contributed by atoms with Crippen LogP contribution >= 0.6 is 11.3 Å². The van der Waals surface area contributed by atoms with E-state index in [-0.39, 0.29) is 16.5 Å². The largest absolute Gasteiger partial charge is 0.507 e. The minimum absolute atomic E-state index is 0.0565. The highest BCUT2D eigenvalue weighted by atomic mass is 32.1. The second-order valence-electron chi connectivity index (χ2n) is 8.62. The van der Waals surface area contributed by atoms with E-state index < -0.39 is 23.5 Å². The summed E-state index contributed by atoms with van der Waals surface area (Å²) in [6.45, 7) is 0. The lowest BCUT2D eigenvalue weighted by Gasteiger charge is -2.23. The third-order valence-electron chi connectivity index (χ3n) is 6.42. The van der Waals surface area contributed by atoms with Crippen LogP contribution in [-0.2, 0) is 9.59 Å². The Balaban J connectivity index is 1.57. The molecule has 8 heteroatoms. The van der Waals surface area contributed by atoms with Gasteiger partial charge in [0.25, 0.3) is 5.78 Å². The standard InChI is InChI=1S/C29H19FN2O4S/c1-36-21-8-4-7-18(14-21)25-24(26(33)19-10-9-16-5-2-3-6-17(16)13-19)27(34)28(35)32(25)29-31-22-12-11-20(30)15-23(22)37-29/h2-15,25,33H,1H3/b26-24+. The van der Waals surface area contributed by atoms with Crippen LogP contribution in [0.15, 0.2) is 90.5 Å². The molecular weight excluding hydrogens is 491 g/mol. The topological polar surface area (TPSA) is 79.7 Å². The maximum Gasteiger partial charge on any atom is 0.301 e. The molecule has 6 nitrogen and oxygen atoms in total. The zero-order valence-corrected chi connectivity index (χ0v) is 20.3. The van der Waals surface area contributed by atoms with E-state index in [4.69, 9.17) is 4.74 Å². The van der Waals surface area contributed by atoms with E-state index >= 15 is 0 Å². The first-order chi connectivity index (χ1) is 17.9. The number of carbonyl (C=O) groups excluding carboxylic acids is 2. The number of amides is 1. The molecule has 1 atom stereocenters. The molecule has 4 aromatic carbocycles. The molecule has 1 amide bonds. The number of carbonyl (C=O) groups is 2. The van der Waals surface area contributed by atoms with Gasteiger partial charge in [0.05, 0.1) is 28.9 Å². The summed E-state index contributed by atoms with van der Waals surface area (Å²) in [7, 11) is 1.52. The third-order valence-corrected chi connectivity index (χ3v) is 7.44. The number of fused-ring (bicyclic) bond motifs is 2. The lowest BCUT2D eigenvalue weighted by Crippen LogP contribution is -2.29. The molecule has 0 spiro atoms. The quantitative estimate of drug-likeness (QED) is 0.176. The molecule has 1 N–H and O–H groups in total. The minimum Gasteiger partial charge on any atom is -0.507 e. The number of rotatable bonds is 4. The highest BCUT2D eigenvalue weighted by Gasteiger charge is 2.48. The first-order valence-electron chi connectivity index (χ1n) is 11.4. The third kappa shape index (κ3) is 3.82. The number of ketones is 1. The molecule has 37 heavy (non-hydrogen) atoms. The van der Waals surface area contributed by atoms with Crippen molar-refractivity contribution in [3.8, 4) is 5.75 Å². The fourth-order valence-corrected chi connectivity index (χ4v) is 5.66. The Morgan fingerprint density at radius 2 is 1.78 bits per heavy atom. The zero-order valence-electron chi connectivity index (χ0n) is 19.5. The second-order valence-corrected chi connectivity index (χ2v) is 9.63. The molecule has 2 heterocycles. The number of nitrogens with zero attached hydrogens (tertiary/aromatic N) is 2. The Hall–Kier alpha value is -4.56. The summed E-state index contributed by atoms with van der Waals surface area (Å²) in [5.74, 6) is -1.84. The second kappa shape index (κ2) is 8.83. The Morgan fingerprint density at radius 3 is 2.59 bits per heavy atom. The van der Waals surface area contributed by atoms with E-state index in [1.165, 1.54) is 30.2 Å². The van der Waals surface area contributed by atoms with Crippen LogP contribution in [0.25, 0.3) is 26.7 Å². The summed E-state index contributed by atoms with van der Waals surface area (Å²) in [6.07, 6.45) is 0. The zero-order chi connectivity index (χ0) is 25.7. The van der Waals surface area contributed by atoms with Crippen LogP contribution < -0.4 is 9.64 Å². The smallest absolute Gasteiger partial charge is 0.301 e. The summed E-state index contributed by atoms with van der Waals surface area (Å²) in [5.41, 5.74) is 1.42. The molecule has 0 saturated carbocycles. The number of thiazole rings is 1. The van der Waals surface area contributed by atoms with Gasteiger partial charge in [-0.25, -0.2) is 9.37 Å². The van der Waals surface area contributed by atoms with Crippen molar-refractivity contribution in [3.05, 3.63) is 107 Å². The normalized spacial score (nSPS) is 17.1. The van der Waals surface area contributed by atoms with E-state index in [0.29, 0.717) is 27.1 Å². The van der Waals surface area contributed by atoms with Gasteiger partial charge in [0.15, 0.2) is 5.13 Å². The number of aliphatic hydroxyl groups excluding tert-OH is 1. The van der Waals surface area contributed by atoms with Crippen LogP contribution in [0.2, 0.25) is 0 Å². The van der Waals surface area contributed by atoms with Gasteiger partial charge in [0, 0.05) is 5.56 Å². The maximum absolute atomic E-state index is 13.8. The van der Waals surface area contributed by atoms with Crippen molar-refractivity contribution < 1.29 is 23.8 Å². The number of methoxy groups -OCH3 is 1. The summed E-state index contributed by atoms with van der Waals surface area (Å²) >= 11 is 1.10. The molecule has 6 rings (SSSR count). The van der Waals surface area contributed by atoms with E-state index in [2.05, 4.69) is 4.98 Å². The van der Waals surface area contributed by atoms with Gasteiger partial charge in [-0.1, -0.05) is 59.9 Å². The number of anilines is 1. The number of halogens is 1. The van der Waals surface area contributed by atoms with Gasteiger partial charge >= 0.3 is 5.91 Å². The van der Waals surface area contributed by atoms with Crippen LogP contribution in [0.1, 0.15) is 17.2 Å². The highest BCUT2D eigenvalue weighted by Crippen LogP contribution is 2.45. The van der Waals surface area contributed by atoms with Crippen molar-refractivity contribution in [2.45, 2.75) is 6.04 Å². The summed E-state index contributed by atoms with van der Waals surface area (Å²) in [4.78, 5) is 32.7. The molecule has 1 aliphatic rings. The van der Waals surface area contributed by atoms with Gasteiger partial charge in [-0.15, -0.1) is 0 Å². The summed E-state index contributed by atoms with van der Waals surface area (Å²) < 4.78 is 19.8. The molecule has 5 aromatic rings. The van der Waals surface area contributed by atoms with Crippen LogP contribution in [0.3, 0.4) is 0 Å². The Labute approximate surface area is 214 Å². The number of hydrogen-bond donors (Lipinski definition) is 1.